The van der Waals surface area contributed by atoms with Gasteiger partial charge in [-0.1, -0.05) is 30.2 Å². The molecule has 0 N–H and O–H groups in total. The molecule has 0 spiro atoms. The summed E-state index contributed by atoms with van der Waals surface area (Å²) in [4.78, 5) is 14.1. The highest BCUT2D eigenvalue weighted by atomic mass is 16.6. The van der Waals surface area contributed by atoms with Gasteiger partial charge in [0.2, 0.25) is 0 Å². The highest BCUT2D eigenvalue weighted by Crippen LogP contribution is 2.35. The first-order valence-electron chi connectivity index (χ1n) is 7.38. The van der Waals surface area contributed by atoms with Gasteiger partial charge in [-0.2, -0.15) is 0 Å². The largest absolute Gasteiger partial charge is 0.459 e. The van der Waals surface area contributed by atoms with E-state index in [1.165, 1.54) is 11.1 Å². The van der Waals surface area contributed by atoms with Crippen LogP contribution in [0.5, 0.6) is 0 Å². The molecule has 0 amide bonds. The lowest BCUT2D eigenvalue weighted by Crippen LogP contribution is -2.37. The molecule has 1 atom stereocenters. The van der Waals surface area contributed by atoms with E-state index in [4.69, 9.17) is 11.2 Å². The Bertz CT molecular complexity index is 551. The summed E-state index contributed by atoms with van der Waals surface area (Å²) in [7, 11) is 0. The smallest absolute Gasteiger partial charge is 0.320 e. The van der Waals surface area contributed by atoms with Gasteiger partial charge in [0.15, 0.2) is 0 Å². The van der Waals surface area contributed by atoms with Crippen molar-refractivity contribution < 1.29 is 9.53 Å². The monoisotopic (exact) mass is 285 g/mol. The van der Waals surface area contributed by atoms with Crippen molar-refractivity contribution in [1.29, 1.82) is 0 Å². The van der Waals surface area contributed by atoms with E-state index in [1.54, 1.807) is 0 Å². The van der Waals surface area contributed by atoms with E-state index in [0.717, 1.165) is 12.8 Å². The van der Waals surface area contributed by atoms with Gasteiger partial charge >= 0.3 is 5.97 Å². The molecule has 1 aromatic carbocycles. The van der Waals surface area contributed by atoms with Crippen molar-refractivity contribution >= 4 is 5.97 Å². The minimum atomic E-state index is -0.466. The van der Waals surface area contributed by atoms with Gasteiger partial charge in [0.05, 0.1) is 13.1 Å². The van der Waals surface area contributed by atoms with E-state index in [1.807, 2.05) is 31.7 Å². The molecule has 0 radical (unpaired) electrons. The fourth-order valence-electron chi connectivity index (χ4n) is 2.85. The number of hydrogen-bond acceptors (Lipinski definition) is 3. The second-order valence-electron chi connectivity index (χ2n) is 6.45. The second kappa shape index (κ2) is 6.32. The molecule has 112 valence electrons. The standard InChI is InChI=1S/C18H23NO2/c1-5-12-19(13-17(20)21-18(2,3)4)16-11-10-14-8-6-7-9-15(14)16/h1,6-9,16H,10-13H2,2-4H3. The van der Waals surface area contributed by atoms with Gasteiger partial charge in [0.1, 0.15) is 5.60 Å². The molecule has 0 aromatic heterocycles. The Morgan fingerprint density at radius 3 is 2.81 bits per heavy atom. The average molecular weight is 285 g/mol. The fourth-order valence-corrected chi connectivity index (χ4v) is 2.85. The number of benzene rings is 1. The zero-order chi connectivity index (χ0) is 15.5. The lowest BCUT2D eigenvalue weighted by Gasteiger charge is -2.28. The highest BCUT2D eigenvalue weighted by molar-refractivity contribution is 5.72. The Labute approximate surface area is 127 Å². The van der Waals surface area contributed by atoms with Crippen LogP contribution in [0.2, 0.25) is 0 Å². The zero-order valence-corrected chi connectivity index (χ0v) is 13.1. The molecule has 0 heterocycles. The molecule has 1 aliphatic carbocycles. The number of aryl methyl sites for hydroxylation is 1. The lowest BCUT2D eigenvalue weighted by atomic mass is 10.1. The predicted molar refractivity (Wildman–Crippen MR) is 83.8 cm³/mol. The summed E-state index contributed by atoms with van der Waals surface area (Å²) in [5.74, 6) is 2.44. The maximum atomic E-state index is 12.1. The van der Waals surface area contributed by atoms with Crippen molar-refractivity contribution in [3.63, 3.8) is 0 Å². The molecule has 3 nitrogen and oxygen atoms in total. The third-order valence-corrected chi connectivity index (χ3v) is 3.59. The quantitative estimate of drug-likeness (QED) is 0.629. The van der Waals surface area contributed by atoms with Crippen molar-refractivity contribution in [2.45, 2.75) is 45.3 Å². The van der Waals surface area contributed by atoms with Crippen molar-refractivity contribution in [2.24, 2.45) is 0 Å². The van der Waals surface area contributed by atoms with Gasteiger partial charge in [0.25, 0.3) is 0 Å². The summed E-state index contributed by atoms with van der Waals surface area (Å²) >= 11 is 0. The summed E-state index contributed by atoms with van der Waals surface area (Å²) < 4.78 is 5.41. The molecule has 21 heavy (non-hydrogen) atoms. The Morgan fingerprint density at radius 2 is 2.14 bits per heavy atom. The van der Waals surface area contributed by atoms with Gasteiger partial charge in [-0.05, 0) is 44.7 Å². The highest BCUT2D eigenvalue weighted by Gasteiger charge is 2.29. The van der Waals surface area contributed by atoms with Crippen LogP contribution in [0.4, 0.5) is 0 Å². The molecule has 0 fully saturated rings. The molecule has 0 bridgehead atoms. The summed E-state index contributed by atoms with van der Waals surface area (Å²) in [5.41, 5.74) is 2.18. The SMILES string of the molecule is C#CCN(CC(=O)OC(C)(C)C)C1CCc2ccccc21. The summed E-state index contributed by atoms with van der Waals surface area (Å²) in [6.07, 6.45) is 7.52. The van der Waals surface area contributed by atoms with Crippen LogP contribution in [0.3, 0.4) is 0 Å². The normalized spacial score (nSPS) is 17.4. The Morgan fingerprint density at radius 1 is 1.43 bits per heavy atom. The van der Waals surface area contributed by atoms with E-state index in [-0.39, 0.29) is 18.6 Å². The zero-order valence-electron chi connectivity index (χ0n) is 13.1. The first kappa shape index (κ1) is 15.6. The molecule has 1 unspecified atom stereocenters. The van der Waals surface area contributed by atoms with E-state index >= 15 is 0 Å². The van der Waals surface area contributed by atoms with Crippen molar-refractivity contribution in [3.05, 3.63) is 35.4 Å². The molecule has 0 saturated carbocycles. The van der Waals surface area contributed by atoms with Gasteiger partial charge in [0, 0.05) is 6.04 Å². The number of nitrogens with zero attached hydrogens (tertiary/aromatic N) is 1. The van der Waals surface area contributed by atoms with Gasteiger partial charge in [-0.25, -0.2) is 0 Å². The molecular weight excluding hydrogens is 262 g/mol. The molecule has 3 heteroatoms. The number of carbonyl (C=O) groups excluding carboxylic acids is 1. The first-order valence-corrected chi connectivity index (χ1v) is 7.38. The van der Waals surface area contributed by atoms with E-state index in [0.29, 0.717) is 6.54 Å². The maximum absolute atomic E-state index is 12.1. The number of rotatable bonds is 4. The van der Waals surface area contributed by atoms with Crippen LogP contribution in [0.25, 0.3) is 0 Å². The van der Waals surface area contributed by atoms with Crippen LogP contribution >= 0.6 is 0 Å². The molecular formula is C18H23NO2. The summed E-state index contributed by atoms with van der Waals surface area (Å²) in [6.45, 7) is 6.32. The van der Waals surface area contributed by atoms with E-state index in [2.05, 4.69) is 24.1 Å². The van der Waals surface area contributed by atoms with Crippen LogP contribution in [0, 0.1) is 12.3 Å². The Kier molecular flexibility index (Phi) is 4.69. The van der Waals surface area contributed by atoms with Gasteiger partial charge in [-0.3, -0.25) is 9.69 Å². The third-order valence-electron chi connectivity index (χ3n) is 3.59. The van der Waals surface area contributed by atoms with Gasteiger partial charge < -0.3 is 4.74 Å². The number of esters is 1. The summed E-state index contributed by atoms with van der Waals surface area (Å²) in [6, 6.07) is 8.59. The molecule has 0 aliphatic heterocycles. The first-order chi connectivity index (χ1) is 9.90. The van der Waals surface area contributed by atoms with E-state index < -0.39 is 5.60 Å². The van der Waals surface area contributed by atoms with Crippen LogP contribution in [0.15, 0.2) is 24.3 Å². The minimum absolute atomic E-state index is 0.213. The Hall–Kier alpha value is -1.79. The van der Waals surface area contributed by atoms with Gasteiger partial charge in [-0.15, -0.1) is 6.42 Å². The van der Waals surface area contributed by atoms with Crippen molar-refractivity contribution in [3.8, 4) is 12.3 Å². The summed E-state index contributed by atoms with van der Waals surface area (Å²) in [5, 5.41) is 0. The van der Waals surface area contributed by atoms with Crippen LogP contribution in [-0.4, -0.2) is 29.6 Å². The lowest BCUT2D eigenvalue weighted by molar-refractivity contribution is -0.156. The van der Waals surface area contributed by atoms with Crippen molar-refractivity contribution in [2.75, 3.05) is 13.1 Å². The topological polar surface area (TPSA) is 29.5 Å². The molecule has 2 rings (SSSR count). The Balaban J connectivity index is 2.10. The molecule has 1 aromatic rings. The predicted octanol–water partition coefficient (Wildman–Crippen LogP) is 2.95. The minimum Gasteiger partial charge on any atom is -0.459 e. The molecule has 0 saturated heterocycles. The molecule has 1 aliphatic rings. The number of carbonyl (C=O) groups is 1. The average Bonchev–Trinajstić information content (AvgIpc) is 2.79. The third kappa shape index (κ3) is 4.09. The second-order valence-corrected chi connectivity index (χ2v) is 6.45. The van der Waals surface area contributed by atoms with E-state index in [9.17, 15) is 4.79 Å². The van der Waals surface area contributed by atoms with Crippen LogP contribution in [-0.2, 0) is 16.0 Å². The van der Waals surface area contributed by atoms with Crippen LogP contribution in [0.1, 0.15) is 44.4 Å². The number of hydrogen-bond donors (Lipinski definition) is 0. The maximum Gasteiger partial charge on any atom is 0.320 e. The van der Waals surface area contributed by atoms with Crippen molar-refractivity contribution in [1.82, 2.24) is 4.90 Å². The fraction of sp³-hybridized carbons (Fsp3) is 0.500. The number of fused-ring (bicyclic) bond motifs is 1. The number of terminal acetylenes is 1. The number of ether oxygens (including phenoxy) is 1. The van der Waals surface area contributed by atoms with Crippen LogP contribution < -0.4 is 0 Å².